The number of nitrogens with zero attached hydrogens (tertiary/aromatic N) is 5. The maximum absolute atomic E-state index is 13.1. The lowest BCUT2D eigenvalue weighted by Gasteiger charge is -2.27. The van der Waals surface area contributed by atoms with E-state index in [9.17, 15) is 4.79 Å². The fraction of sp³-hybridized carbons (Fsp3) is 0.455. The second-order valence-corrected chi connectivity index (χ2v) is 8.91. The molecule has 1 N–H and O–H groups in total. The number of morpholine rings is 1. The van der Waals surface area contributed by atoms with E-state index in [-0.39, 0.29) is 11.6 Å². The summed E-state index contributed by atoms with van der Waals surface area (Å²) in [6, 6.07) is 4.15. The number of aryl methyl sites for hydroxylation is 1. The summed E-state index contributed by atoms with van der Waals surface area (Å²) in [7, 11) is 0. The summed E-state index contributed by atoms with van der Waals surface area (Å²) in [5.74, 6) is 1.39. The summed E-state index contributed by atoms with van der Waals surface area (Å²) < 4.78 is 7.85. The van der Waals surface area contributed by atoms with Crippen molar-refractivity contribution in [3.8, 4) is 0 Å². The molecule has 0 unspecified atom stereocenters. The van der Waals surface area contributed by atoms with Gasteiger partial charge in [-0.1, -0.05) is 12.8 Å². The summed E-state index contributed by atoms with van der Waals surface area (Å²) in [5.41, 5.74) is 2.35. The average Bonchev–Trinajstić information content (AvgIpc) is 3.33. The number of nitrogens with one attached hydrogen (secondary N) is 1. The van der Waals surface area contributed by atoms with Crippen molar-refractivity contribution in [1.82, 2.24) is 19.5 Å². The van der Waals surface area contributed by atoms with Gasteiger partial charge in [0.1, 0.15) is 11.5 Å². The summed E-state index contributed by atoms with van der Waals surface area (Å²) in [4.78, 5) is 29.1. The van der Waals surface area contributed by atoms with E-state index in [1.165, 1.54) is 0 Å². The zero-order valence-corrected chi connectivity index (χ0v) is 19.1. The van der Waals surface area contributed by atoms with E-state index in [0.29, 0.717) is 16.1 Å². The molecular formula is C22H25BrN6O2. The molecule has 8 nitrogen and oxygen atoms in total. The van der Waals surface area contributed by atoms with Gasteiger partial charge in [-0.3, -0.25) is 9.36 Å². The van der Waals surface area contributed by atoms with E-state index in [4.69, 9.17) is 9.72 Å². The molecular weight excluding hydrogens is 460 g/mol. The third-order valence-corrected chi connectivity index (χ3v) is 7.10. The van der Waals surface area contributed by atoms with E-state index < -0.39 is 0 Å². The van der Waals surface area contributed by atoms with Gasteiger partial charge in [0.25, 0.3) is 5.56 Å². The van der Waals surface area contributed by atoms with E-state index in [2.05, 4.69) is 36.1 Å². The molecule has 2 aliphatic rings. The topological polar surface area (TPSA) is 85.2 Å². The van der Waals surface area contributed by atoms with Gasteiger partial charge in [0, 0.05) is 30.7 Å². The largest absolute Gasteiger partial charge is 0.378 e. The summed E-state index contributed by atoms with van der Waals surface area (Å²) in [6.07, 6.45) is 7.87. The van der Waals surface area contributed by atoms with Gasteiger partial charge in [-0.05, 0) is 53.4 Å². The predicted molar refractivity (Wildman–Crippen MR) is 124 cm³/mol. The number of fused-ring (bicyclic) bond motifs is 1. The minimum atomic E-state index is -0.0157. The van der Waals surface area contributed by atoms with Crippen molar-refractivity contribution < 1.29 is 4.74 Å². The van der Waals surface area contributed by atoms with Gasteiger partial charge in [0.05, 0.1) is 29.6 Å². The second-order valence-electron chi connectivity index (χ2n) is 8.11. The van der Waals surface area contributed by atoms with E-state index >= 15 is 0 Å². The first-order valence-corrected chi connectivity index (χ1v) is 11.5. The number of anilines is 3. The number of hydrogen-bond acceptors (Lipinski definition) is 7. The molecule has 1 saturated carbocycles. The highest BCUT2D eigenvalue weighted by atomic mass is 79.9. The van der Waals surface area contributed by atoms with Crippen LogP contribution in [0.4, 0.5) is 17.5 Å². The summed E-state index contributed by atoms with van der Waals surface area (Å²) in [5, 5.41) is 4.14. The lowest BCUT2D eigenvalue weighted by Crippen LogP contribution is -2.36. The van der Waals surface area contributed by atoms with Crippen molar-refractivity contribution in [3.05, 3.63) is 44.9 Å². The van der Waals surface area contributed by atoms with Crippen LogP contribution in [0.15, 0.2) is 33.8 Å². The van der Waals surface area contributed by atoms with Gasteiger partial charge >= 0.3 is 0 Å². The Morgan fingerprint density at radius 2 is 1.90 bits per heavy atom. The predicted octanol–water partition coefficient (Wildman–Crippen LogP) is 3.95. The first-order chi connectivity index (χ1) is 15.1. The Labute approximate surface area is 188 Å². The summed E-state index contributed by atoms with van der Waals surface area (Å²) in [6.45, 7) is 5.08. The van der Waals surface area contributed by atoms with Crippen LogP contribution >= 0.6 is 15.9 Å². The second kappa shape index (κ2) is 8.55. The molecule has 3 aromatic rings. The average molecular weight is 485 g/mol. The summed E-state index contributed by atoms with van der Waals surface area (Å²) >= 11 is 3.49. The fourth-order valence-electron chi connectivity index (χ4n) is 4.43. The molecule has 0 spiro atoms. The van der Waals surface area contributed by atoms with Crippen LogP contribution in [0.5, 0.6) is 0 Å². The molecule has 1 aliphatic heterocycles. The van der Waals surface area contributed by atoms with Crippen LogP contribution in [0, 0.1) is 6.92 Å². The van der Waals surface area contributed by atoms with Crippen LogP contribution in [0.1, 0.15) is 37.3 Å². The smallest absolute Gasteiger partial charge is 0.267 e. The Hall–Kier alpha value is -2.52. The van der Waals surface area contributed by atoms with Gasteiger partial charge in [-0.25, -0.2) is 9.97 Å². The molecule has 0 aromatic carbocycles. The zero-order valence-electron chi connectivity index (χ0n) is 17.5. The monoisotopic (exact) mass is 484 g/mol. The van der Waals surface area contributed by atoms with Gasteiger partial charge in [-0.15, -0.1) is 0 Å². The number of rotatable bonds is 4. The van der Waals surface area contributed by atoms with E-state index in [1.807, 2.05) is 23.6 Å². The molecule has 1 saturated heterocycles. The normalized spacial score (nSPS) is 17.4. The fourth-order valence-corrected chi connectivity index (χ4v) is 4.84. The van der Waals surface area contributed by atoms with Crippen molar-refractivity contribution in [2.45, 2.75) is 38.6 Å². The number of aromatic nitrogens is 4. The van der Waals surface area contributed by atoms with Crippen LogP contribution in [0.3, 0.4) is 0 Å². The van der Waals surface area contributed by atoms with Crippen molar-refractivity contribution in [3.63, 3.8) is 0 Å². The molecule has 9 heteroatoms. The van der Waals surface area contributed by atoms with E-state index in [0.717, 1.165) is 74.4 Å². The quantitative estimate of drug-likeness (QED) is 0.599. The van der Waals surface area contributed by atoms with Crippen molar-refractivity contribution in [1.29, 1.82) is 0 Å². The highest BCUT2D eigenvalue weighted by Gasteiger charge is 2.24. The minimum absolute atomic E-state index is 0.0157. The van der Waals surface area contributed by atoms with Crippen LogP contribution in [-0.4, -0.2) is 45.8 Å². The first kappa shape index (κ1) is 20.4. The van der Waals surface area contributed by atoms with Crippen molar-refractivity contribution in [2.24, 2.45) is 0 Å². The Morgan fingerprint density at radius 3 is 2.61 bits per heavy atom. The maximum Gasteiger partial charge on any atom is 0.267 e. The SMILES string of the molecule is Cc1c(Br)c(=O)n(C2CCCC2)c2nc(Nc3ccc(N4CCOCC4)nc3)ncc12. The van der Waals surface area contributed by atoms with Crippen LogP contribution in [-0.2, 0) is 4.74 Å². The molecule has 1 aliphatic carbocycles. The number of hydrogen-bond donors (Lipinski definition) is 1. The molecule has 0 amide bonds. The number of pyridine rings is 2. The molecule has 31 heavy (non-hydrogen) atoms. The molecule has 2 fully saturated rings. The highest BCUT2D eigenvalue weighted by Crippen LogP contribution is 2.32. The Bertz CT molecular complexity index is 1150. The Balaban J connectivity index is 1.47. The Kier molecular flexibility index (Phi) is 5.62. The molecule has 162 valence electrons. The van der Waals surface area contributed by atoms with Gasteiger partial charge in [0.2, 0.25) is 5.95 Å². The van der Waals surface area contributed by atoms with Crippen LogP contribution in [0.2, 0.25) is 0 Å². The number of ether oxygens (including phenoxy) is 1. The Morgan fingerprint density at radius 1 is 1.13 bits per heavy atom. The zero-order chi connectivity index (χ0) is 21.4. The molecule has 0 bridgehead atoms. The van der Waals surface area contributed by atoms with Gasteiger partial charge in [-0.2, -0.15) is 4.98 Å². The van der Waals surface area contributed by atoms with Crippen molar-refractivity contribution >= 4 is 44.4 Å². The van der Waals surface area contributed by atoms with Gasteiger partial charge < -0.3 is 15.0 Å². The third-order valence-electron chi connectivity index (χ3n) is 6.17. The highest BCUT2D eigenvalue weighted by molar-refractivity contribution is 9.10. The standard InChI is InChI=1S/C22H25BrN6O2/c1-14-17-13-25-22(26-15-6-7-18(24-12-15)28-8-10-31-11-9-28)27-20(17)29(21(30)19(14)23)16-4-2-3-5-16/h6-7,12-13,16H,2-5,8-11H2,1H3,(H,25,26,27). The lowest BCUT2D eigenvalue weighted by atomic mass is 10.1. The third kappa shape index (κ3) is 3.92. The van der Waals surface area contributed by atoms with Crippen LogP contribution < -0.4 is 15.8 Å². The number of halogens is 1. The van der Waals surface area contributed by atoms with Crippen molar-refractivity contribution in [2.75, 3.05) is 36.5 Å². The van der Waals surface area contributed by atoms with Crippen LogP contribution in [0.25, 0.3) is 11.0 Å². The minimum Gasteiger partial charge on any atom is -0.378 e. The molecule has 5 rings (SSSR count). The molecule has 3 aromatic heterocycles. The van der Waals surface area contributed by atoms with E-state index in [1.54, 1.807) is 12.4 Å². The maximum atomic E-state index is 13.1. The molecule has 4 heterocycles. The first-order valence-electron chi connectivity index (χ1n) is 10.7. The molecule has 0 radical (unpaired) electrons. The molecule has 0 atom stereocenters. The van der Waals surface area contributed by atoms with Gasteiger partial charge in [0.15, 0.2) is 0 Å². The lowest BCUT2D eigenvalue weighted by molar-refractivity contribution is 0.122.